The van der Waals surface area contributed by atoms with E-state index in [9.17, 15) is 15.2 Å². The molecule has 1 unspecified atom stereocenters. The van der Waals surface area contributed by atoms with Gasteiger partial charge in [-0.05, 0) is 63.8 Å². The lowest BCUT2D eigenvalue weighted by atomic mass is 10.1. The Balaban J connectivity index is 1.66. The minimum Gasteiger partial charge on any atom is -0.496 e. The molecule has 2 heterocycles. The van der Waals surface area contributed by atoms with Crippen LogP contribution < -0.4 is 15.6 Å². The average molecular weight is 508 g/mol. The highest BCUT2D eigenvalue weighted by Gasteiger charge is 2.17. The molecule has 0 aliphatic heterocycles. The van der Waals surface area contributed by atoms with Gasteiger partial charge in [0.05, 0.1) is 46.0 Å². The van der Waals surface area contributed by atoms with E-state index >= 15 is 0 Å². The molecular weight excluding hydrogens is 486 g/mol. The summed E-state index contributed by atoms with van der Waals surface area (Å²) < 4.78 is 5.97. The molecule has 9 heteroatoms. The molecule has 2 aromatic heterocycles. The lowest BCUT2D eigenvalue weighted by Gasteiger charge is -2.16. The van der Waals surface area contributed by atoms with Crippen molar-refractivity contribution in [3.05, 3.63) is 74.1 Å². The molecule has 0 fully saturated rings. The van der Waals surface area contributed by atoms with E-state index in [-0.39, 0.29) is 12.1 Å². The minimum absolute atomic E-state index is 0.175. The number of pyridine rings is 1. The number of ether oxygens (including phenoxy) is 1. The summed E-state index contributed by atoms with van der Waals surface area (Å²) in [4.78, 5) is 23.3. The number of nitrogens with one attached hydrogen (secondary N) is 3. The van der Waals surface area contributed by atoms with Crippen molar-refractivity contribution in [2.24, 2.45) is 0 Å². The number of H-pyrrole nitrogens is 2. The summed E-state index contributed by atoms with van der Waals surface area (Å²) in [6, 6.07) is 12.8. The first-order valence-corrected chi connectivity index (χ1v) is 11.1. The van der Waals surface area contributed by atoms with Gasteiger partial charge in [-0.3, -0.25) is 4.79 Å². The highest BCUT2D eigenvalue weighted by molar-refractivity contribution is 9.10. The van der Waals surface area contributed by atoms with Crippen LogP contribution in [0.4, 0.5) is 5.69 Å². The lowest BCUT2D eigenvalue weighted by Crippen LogP contribution is -2.17. The second-order valence-electron chi connectivity index (χ2n) is 7.47. The van der Waals surface area contributed by atoms with Crippen LogP contribution in [0.5, 0.6) is 5.75 Å². The number of nitrogens with zero attached hydrogens (tertiary/aromatic N) is 2. The van der Waals surface area contributed by atoms with Crippen LogP contribution in [0, 0.1) is 11.3 Å². The van der Waals surface area contributed by atoms with Gasteiger partial charge in [0.2, 0.25) is 0 Å². The predicted octanol–water partition coefficient (Wildman–Crippen LogP) is 4.27. The van der Waals surface area contributed by atoms with Crippen LogP contribution in [0.2, 0.25) is 0 Å². The maximum absolute atomic E-state index is 12.7. The Bertz CT molecular complexity index is 1420. The van der Waals surface area contributed by atoms with Crippen LogP contribution in [0.3, 0.4) is 0 Å². The number of imidazole rings is 1. The Morgan fingerprint density at radius 3 is 2.82 bits per heavy atom. The Hall–Kier alpha value is -3.61. The quantitative estimate of drug-likeness (QED) is 0.295. The maximum Gasteiger partial charge on any atom is 0.261 e. The molecule has 4 aromatic rings. The fraction of sp³-hybridized carbons (Fsp3) is 0.208. The zero-order chi connectivity index (χ0) is 23.5. The SMILES string of the molecule is CCc1cc(C#N)cc2[nH]c(-c3c(NCC(O)c4ccc(OC)c(Br)c4)cc[nH]c3=O)nc12. The second kappa shape index (κ2) is 9.48. The third-order valence-corrected chi connectivity index (χ3v) is 6.04. The number of rotatable bonds is 7. The average Bonchev–Trinajstić information content (AvgIpc) is 3.25. The van der Waals surface area contributed by atoms with E-state index in [2.05, 4.69) is 42.3 Å². The van der Waals surface area contributed by atoms with Crippen LogP contribution in [-0.4, -0.2) is 33.7 Å². The van der Waals surface area contributed by atoms with Crippen LogP contribution in [0.25, 0.3) is 22.4 Å². The molecule has 4 N–H and O–H groups in total. The molecule has 0 radical (unpaired) electrons. The molecule has 0 bridgehead atoms. The number of hydrogen-bond acceptors (Lipinski definition) is 6. The van der Waals surface area contributed by atoms with Gasteiger partial charge >= 0.3 is 0 Å². The van der Waals surface area contributed by atoms with Crippen molar-refractivity contribution in [3.8, 4) is 23.2 Å². The largest absolute Gasteiger partial charge is 0.496 e. The van der Waals surface area contributed by atoms with Gasteiger partial charge in [0, 0.05) is 12.7 Å². The van der Waals surface area contributed by atoms with Gasteiger partial charge in [-0.25, -0.2) is 4.98 Å². The topological polar surface area (TPSA) is 127 Å². The summed E-state index contributed by atoms with van der Waals surface area (Å²) in [6.45, 7) is 2.17. The number of aryl methyl sites for hydroxylation is 1. The number of aliphatic hydroxyl groups is 1. The van der Waals surface area contributed by atoms with Crippen molar-refractivity contribution in [1.29, 1.82) is 5.26 Å². The monoisotopic (exact) mass is 507 g/mol. The number of anilines is 1. The number of hydrogen-bond donors (Lipinski definition) is 4. The van der Waals surface area contributed by atoms with Crippen LogP contribution in [0.1, 0.15) is 29.7 Å². The fourth-order valence-corrected chi connectivity index (χ4v) is 4.28. The first-order valence-electron chi connectivity index (χ1n) is 10.3. The molecule has 0 aliphatic carbocycles. The van der Waals surface area contributed by atoms with Gasteiger partial charge < -0.3 is 25.1 Å². The van der Waals surface area contributed by atoms with Gasteiger partial charge in [-0.1, -0.05) is 13.0 Å². The first-order chi connectivity index (χ1) is 15.9. The third-order valence-electron chi connectivity index (χ3n) is 5.42. The van der Waals surface area contributed by atoms with E-state index in [1.54, 1.807) is 43.6 Å². The summed E-state index contributed by atoms with van der Waals surface area (Å²) in [5.41, 5.74) is 4.11. The van der Waals surface area contributed by atoms with Crippen molar-refractivity contribution in [2.45, 2.75) is 19.4 Å². The number of nitriles is 1. The number of aromatic amines is 2. The molecule has 0 spiro atoms. The van der Waals surface area contributed by atoms with Gasteiger partial charge in [-0.15, -0.1) is 0 Å². The van der Waals surface area contributed by atoms with Gasteiger partial charge in [0.15, 0.2) is 0 Å². The van der Waals surface area contributed by atoms with E-state index in [4.69, 9.17) is 4.74 Å². The smallest absolute Gasteiger partial charge is 0.261 e. The molecule has 0 amide bonds. The molecule has 8 nitrogen and oxygen atoms in total. The van der Waals surface area contributed by atoms with E-state index in [0.29, 0.717) is 45.9 Å². The summed E-state index contributed by atoms with van der Waals surface area (Å²) >= 11 is 3.43. The fourth-order valence-electron chi connectivity index (χ4n) is 3.72. The molecule has 0 saturated heterocycles. The molecule has 168 valence electrons. The molecule has 2 aromatic carbocycles. The van der Waals surface area contributed by atoms with Crippen LogP contribution in [-0.2, 0) is 6.42 Å². The van der Waals surface area contributed by atoms with Crippen LogP contribution in [0.15, 0.2) is 51.9 Å². The highest BCUT2D eigenvalue weighted by atomic mass is 79.9. The van der Waals surface area contributed by atoms with Gasteiger partial charge in [-0.2, -0.15) is 5.26 Å². The van der Waals surface area contributed by atoms with E-state index in [1.807, 2.05) is 13.0 Å². The summed E-state index contributed by atoms with van der Waals surface area (Å²) in [7, 11) is 1.58. The summed E-state index contributed by atoms with van der Waals surface area (Å²) in [6.07, 6.45) is 1.43. The maximum atomic E-state index is 12.7. The normalized spacial score (nSPS) is 11.8. The van der Waals surface area contributed by atoms with Gasteiger partial charge in [0.1, 0.15) is 17.1 Å². The molecular formula is C24H22BrN5O3. The zero-order valence-electron chi connectivity index (χ0n) is 18.1. The number of aliphatic hydroxyl groups excluding tert-OH is 1. The summed E-state index contributed by atoms with van der Waals surface area (Å²) in [5, 5.41) is 23.2. The number of aromatic nitrogens is 3. The van der Waals surface area contributed by atoms with Crippen molar-refractivity contribution < 1.29 is 9.84 Å². The number of methoxy groups -OCH3 is 1. The predicted molar refractivity (Wildman–Crippen MR) is 130 cm³/mol. The molecule has 1 atom stereocenters. The minimum atomic E-state index is -0.820. The molecule has 0 saturated carbocycles. The van der Waals surface area contributed by atoms with Crippen molar-refractivity contribution in [1.82, 2.24) is 15.0 Å². The van der Waals surface area contributed by atoms with Gasteiger partial charge in [0.25, 0.3) is 5.56 Å². The highest BCUT2D eigenvalue weighted by Crippen LogP contribution is 2.30. The lowest BCUT2D eigenvalue weighted by molar-refractivity contribution is 0.191. The zero-order valence-corrected chi connectivity index (χ0v) is 19.7. The number of halogens is 1. The Labute approximate surface area is 198 Å². The van der Waals surface area contributed by atoms with Crippen molar-refractivity contribution >= 4 is 32.7 Å². The summed E-state index contributed by atoms with van der Waals surface area (Å²) in [5.74, 6) is 1.06. The first kappa shape index (κ1) is 22.6. The van der Waals surface area contributed by atoms with E-state index in [1.165, 1.54) is 0 Å². The molecule has 0 aliphatic rings. The van der Waals surface area contributed by atoms with Crippen molar-refractivity contribution in [3.63, 3.8) is 0 Å². The van der Waals surface area contributed by atoms with E-state index < -0.39 is 6.10 Å². The molecule has 33 heavy (non-hydrogen) atoms. The Morgan fingerprint density at radius 1 is 1.30 bits per heavy atom. The Kier molecular flexibility index (Phi) is 6.49. The molecule has 4 rings (SSSR count). The van der Waals surface area contributed by atoms with E-state index in [0.717, 1.165) is 15.6 Å². The third kappa shape index (κ3) is 4.49. The second-order valence-corrected chi connectivity index (χ2v) is 8.32. The standard InChI is InChI=1S/C24H22BrN5O3/c1-3-14-8-13(11-26)9-18-22(14)30-23(29-18)21-17(6-7-27-24(21)32)28-12-19(31)15-4-5-20(33-2)16(25)10-15/h4-10,19,31H,3,12H2,1-2H3,(H,29,30)(H2,27,28,32). The van der Waals surface area contributed by atoms with Crippen molar-refractivity contribution in [2.75, 3.05) is 19.0 Å². The number of fused-ring (bicyclic) bond motifs is 1. The Morgan fingerprint density at radius 2 is 2.12 bits per heavy atom. The van der Waals surface area contributed by atoms with Crippen LogP contribution >= 0.6 is 15.9 Å². The number of benzene rings is 2.